The Morgan fingerprint density at radius 2 is 1.85 bits per heavy atom. The van der Waals surface area contributed by atoms with Gasteiger partial charge in [0.25, 0.3) is 5.89 Å². The SMILES string of the molecule is CC(C)=C(/C=C(\S)c1nc(-c2cccc3[nH]ccc23)no1)c1ccccc1. The summed E-state index contributed by atoms with van der Waals surface area (Å²) in [7, 11) is 0. The van der Waals surface area contributed by atoms with Crippen LogP contribution in [0.4, 0.5) is 0 Å². The zero-order chi connectivity index (χ0) is 18.8. The van der Waals surface area contributed by atoms with Crippen LogP contribution in [-0.4, -0.2) is 15.1 Å². The zero-order valence-electron chi connectivity index (χ0n) is 15.1. The molecule has 2 aromatic heterocycles. The van der Waals surface area contributed by atoms with E-state index in [0.717, 1.165) is 27.6 Å². The molecule has 0 aliphatic heterocycles. The molecule has 27 heavy (non-hydrogen) atoms. The zero-order valence-corrected chi connectivity index (χ0v) is 16.0. The number of aromatic nitrogens is 3. The van der Waals surface area contributed by atoms with Gasteiger partial charge < -0.3 is 9.51 Å². The fourth-order valence-electron chi connectivity index (χ4n) is 3.05. The summed E-state index contributed by atoms with van der Waals surface area (Å²) in [5.41, 5.74) is 5.37. The molecule has 0 fully saturated rings. The number of allylic oxidation sites excluding steroid dienone is 3. The van der Waals surface area contributed by atoms with Gasteiger partial charge in [-0.1, -0.05) is 53.2 Å². The van der Waals surface area contributed by atoms with Gasteiger partial charge in [-0.2, -0.15) is 4.98 Å². The van der Waals surface area contributed by atoms with E-state index in [9.17, 15) is 0 Å². The van der Waals surface area contributed by atoms with Crippen LogP contribution in [-0.2, 0) is 0 Å². The third-order valence-corrected chi connectivity index (χ3v) is 4.71. The van der Waals surface area contributed by atoms with Crippen molar-refractivity contribution in [2.45, 2.75) is 13.8 Å². The van der Waals surface area contributed by atoms with Crippen LogP contribution in [0.3, 0.4) is 0 Å². The maximum atomic E-state index is 5.48. The molecule has 0 saturated heterocycles. The molecular formula is C22H19N3OS. The van der Waals surface area contributed by atoms with Crippen LogP contribution >= 0.6 is 12.6 Å². The Morgan fingerprint density at radius 3 is 2.63 bits per heavy atom. The molecule has 2 heterocycles. The average Bonchev–Trinajstić information content (AvgIpc) is 3.35. The van der Waals surface area contributed by atoms with Gasteiger partial charge in [-0.3, -0.25) is 0 Å². The van der Waals surface area contributed by atoms with Crippen LogP contribution < -0.4 is 0 Å². The number of hydrogen-bond acceptors (Lipinski definition) is 4. The lowest BCUT2D eigenvalue weighted by Gasteiger charge is -2.06. The minimum absolute atomic E-state index is 0.399. The molecule has 0 saturated carbocycles. The standard InChI is InChI=1S/C22H19N3OS/c1-14(2)18(15-7-4-3-5-8-15)13-20(27)22-24-21(25-26-22)17-9-6-10-19-16(17)11-12-23-19/h3-13,23,27H,1-2H3/b20-13-. The molecule has 1 N–H and O–H groups in total. The second-order valence-corrected chi connectivity index (χ2v) is 6.96. The van der Waals surface area contributed by atoms with E-state index in [2.05, 4.69) is 53.7 Å². The molecule has 134 valence electrons. The quantitative estimate of drug-likeness (QED) is 0.342. The van der Waals surface area contributed by atoms with E-state index in [1.165, 1.54) is 5.57 Å². The lowest BCUT2D eigenvalue weighted by Crippen LogP contribution is -1.86. The van der Waals surface area contributed by atoms with Crippen molar-refractivity contribution in [2.75, 3.05) is 0 Å². The van der Waals surface area contributed by atoms with Crippen molar-refractivity contribution < 1.29 is 4.52 Å². The molecule has 0 atom stereocenters. The number of nitrogens with zero attached hydrogens (tertiary/aromatic N) is 2. The highest BCUT2D eigenvalue weighted by Gasteiger charge is 2.14. The molecule has 4 nitrogen and oxygen atoms in total. The van der Waals surface area contributed by atoms with Crippen molar-refractivity contribution in [3.8, 4) is 11.4 Å². The first kappa shape index (κ1) is 17.4. The predicted octanol–water partition coefficient (Wildman–Crippen LogP) is 5.98. The minimum Gasteiger partial charge on any atom is -0.361 e. The van der Waals surface area contributed by atoms with Gasteiger partial charge in [0.15, 0.2) is 0 Å². The summed E-state index contributed by atoms with van der Waals surface area (Å²) in [6.45, 7) is 4.15. The van der Waals surface area contributed by atoms with Crippen LogP contribution in [0.1, 0.15) is 25.3 Å². The van der Waals surface area contributed by atoms with Crippen LogP contribution in [0.25, 0.3) is 32.8 Å². The Morgan fingerprint density at radius 1 is 1.04 bits per heavy atom. The van der Waals surface area contributed by atoms with E-state index in [-0.39, 0.29) is 0 Å². The smallest absolute Gasteiger partial charge is 0.264 e. The first-order valence-electron chi connectivity index (χ1n) is 8.67. The summed E-state index contributed by atoms with van der Waals surface area (Å²) in [5, 5.41) is 5.22. The van der Waals surface area contributed by atoms with E-state index in [4.69, 9.17) is 4.52 Å². The number of thiol groups is 1. The number of benzene rings is 2. The monoisotopic (exact) mass is 373 g/mol. The minimum atomic E-state index is 0.399. The van der Waals surface area contributed by atoms with Gasteiger partial charge in [-0.05, 0) is 43.2 Å². The topological polar surface area (TPSA) is 54.7 Å². The fraction of sp³-hybridized carbons (Fsp3) is 0.0909. The van der Waals surface area contributed by atoms with Crippen LogP contribution in [0.15, 0.2) is 77.0 Å². The van der Waals surface area contributed by atoms with Gasteiger partial charge in [0, 0.05) is 22.7 Å². The van der Waals surface area contributed by atoms with E-state index in [1.807, 2.05) is 54.7 Å². The van der Waals surface area contributed by atoms with Gasteiger partial charge >= 0.3 is 0 Å². The molecule has 0 bridgehead atoms. The lowest BCUT2D eigenvalue weighted by atomic mass is 10.0. The fourth-order valence-corrected chi connectivity index (χ4v) is 3.27. The number of rotatable bonds is 4. The first-order chi connectivity index (χ1) is 13.1. The van der Waals surface area contributed by atoms with Crippen LogP contribution in [0.5, 0.6) is 0 Å². The first-order valence-corrected chi connectivity index (χ1v) is 9.12. The van der Waals surface area contributed by atoms with Crippen molar-refractivity contribution in [1.82, 2.24) is 15.1 Å². The molecule has 0 spiro atoms. The van der Waals surface area contributed by atoms with Crippen molar-refractivity contribution in [1.29, 1.82) is 0 Å². The van der Waals surface area contributed by atoms with Gasteiger partial charge in [0.1, 0.15) is 0 Å². The summed E-state index contributed by atoms with van der Waals surface area (Å²) in [6.07, 6.45) is 3.88. The van der Waals surface area contributed by atoms with Gasteiger partial charge in [-0.25, -0.2) is 0 Å². The van der Waals surface area contributed by atoms with E-state index in [0.29, 0.717) is 16.6 Å². The van der Waals surface area contributed by atoms with Crippen molar-refractivity contribution in [2.24, 2.45) is 0 Å². The Kier molecular flexibility index (Phi) is 4.69. The van der Waals surface area contributed by atoms with Crippen molar-refractivity contribution >= 4 is 34.0 Å². The van der Waals surface area contributed by atoms with Crippen LogP contribution in [0.2, 0.25) is 0 Å². The number of nitrogens with one attached hydrogen (secondary N) is 1. The van der Waals surface area contributed by atoms with E-state index < -0.39 is 0 Å². The normalized spacial score (nSPS) is 11.7. The predicted molar refractivity (Wildman–Crippen MR) is 113 cm³/mol. The molecule has 4 aromatic rings. The molecule has 2 aromatic carbocycles. The van der Waals surface area contributed by atoms with Crippen molar-refractivity contribution in [3.05, 3.63) is 83.9 Å². The third kappa shape index (κ3) is 3.46. The van der Waals surface area contributed by atoms with Crippen LogP contribution in [0, 0.1) is 0 Å². The molecule has 5 heteroatoms. The maximum Gasteiger partial charge on any atom is 0.264 e. The highest BCUT2D eigenvalue weighted by atomic mass is 32.1. The largest absolute Gasteiger partial charge is 0.361 e. The Labute approximate surface area is 163 Å². The second-order valence-electron chi connectivity index (χ2n) is 6.48. The third-order valence-electron chi connectivity index (χ3n) is 4.39. The van der Waals surface area contributed by atoms with Crippen molar-refractivity contribution in [3.63, 3.8) is 0 Å². The lowest BCUT2D eigenvalue weighted by molar-refractivity contribution is 0.410. The number of hydrogen-bond donors (Lipinski definition) is 2. The molecule has 0 radical (unpaired) electrons. The van der Waals surface area contributed by atoms with Gasteiger partial charge in [-0.15, -0.1) is 12.6 Å². The summed E-state index contributed by atoms with van der Waals surface area (Å²) >= 11 is 4.62. The number of aromatic amines is 1. The highest BCUT2D eigenvalue weighted by Crippen LogP contribution is 2.30. The highest BCUT2D eigenvalue weighted by molar-refractivity contribution is 7.90. The number of fused-ring (bicyclic) bond motifs is 1. The molecular weight excluding hydrogens is 354 g/mol. The molecule has 0 amide bonds. The van der Waals surface area contributed by atoms with Gasteiger partial charge in [0.05, 0.1) is 4.91 Å². The Balaban J connectivity index is 1.71. The molecule has 0 unspecified atom stereocenters. The van der Waals surface area contributed by atoms with E-state index in [1.54, 1.807) is 0 Å². The second kappa shape index (κ2) is 7.29. The number of H-pyrrole nitrogens is 1. The summed E-state index contributed by atoms with van der Waals surface area (Å²) in [5.74, 6) is 0.948. The summed E-state index contributed by atoms with van der Waals surface area (Å²) in [4.78, 5) is 8.39. The Hall–Kier alpha value is -3.05. The van der Waals surface area contributed by atoms with Gasteiger partial charge in [0.2, 0.25) is 5.82 Å². The van der Waals surface area contributed by atoms with E-state index >= 15 is 0 Å². The summed E-state index contributed by atoms with van der Waals surface area (Å²) in [6, 6.07) is 18.2. The molecule has 4 rings (SSSR count). The Bertz CT molecular complexity index is 1150. The molecule has 0 aliphatic rings. The average molecular weight is 373 g/mol. The summed E-state index contributed by atoms with van der Waals surface area (Å²) < 4.78 is 5.48. The molecule has 0 aliphatic carbocycles. The maximum absolute atomic E-state index is 5.48.